The van der Waals surface area contributed by atoms with E-state index < -0.39 is 21.7 Å². The Kier molecular flexibility index (Phi) is 6.91. The summed E-state index contributed by atoms with van der Waals surface area (Å²) in [5.41, 5.74) is 1.37. The number of methoxy groups -OCH3 is 1. The van der Waals surface area contributed by atoms with Crippen LogP contribution in [0.4, 0.5) is 0 Å². The normalized spacial score (nSPS) is 12.2. The molecule has 0 N–H and O–H groups in total. The molecule has 0 aliphatic heterocycles. The molecule has 0 saturated heterocycles. The molecule has 0 atom stereocenters. The van der Waals surface area contributed by atoms with Crippen molar-refractivity contribution in [2.45, 2.75) is 24.8 Å². The van der Waals surface area contributed by atoms with Crippen molar-refractivity contribution in [3.8, 4) is 5.75 Å². The number of benzene rings is 2. The van der Waals surface area contributed by atoms with Crippen molar-refractivity contribution in [1.82, 2.24) is 4.57 Å². The molecule has 0 aliphatic carbocycles. The molecule has 0 bridgehead atoms. The molecule has 3 rings (SSSR count). The van der Waals surface area contributed by atoms with Crippen LogP contribution in [0.2, 0.25) is 0 Å². The average Bonchev–Trinajstić information content (AvgIpc) is 3.04. The predicted molar refractivity (Wildman–Crippen MR) is 117 cm³/mol. The van der Waals surface area contributed by atoms with Gasteiger partial charge in [0.15, 0.2) is 14.6 Å². The molecule has 0 unspecified atom stereocenters. The van der Waals surface area contributed by atoms with E-state index in [1.54, 1.807) is 48.9 Å². The maximum atomic E-state index is 12.6. The van der Waals surface area contributed by atoms with E-state index in [1.807, 2.05) is 0 Å². The van der Waals surface area contributed by atoms with Crippen LogP contribution in [-0.4, -0.2) is 44.8 Å². The van der Waals surface area contributed by atoms with Gasteiger partial charge in [-0.25, -0.2) is 8.42 Å². The summed E-state index contributed by atoms with van der Waals surface area (Å²) in [6, 6.07) is 11.7. The lowest BCUT2D eigenvalue weighted by atomic mass is 10.1. The van der Waals surface area contributed by atoms with Crippen LogP contribution >= 0.6 is 11.3 Å². The summed E-state index contributed by atoms with van der Waals surface area (Å²) in [6.45, 7) is 1.79. The van der Waals surface area contributed by atoms with E-state index in [0.717, 1.165) is 23.2 Å². The standard InChI is InChI=1S/C21H22N2O6S2/c1-4-29-20(25)13-23-17-10-9-16(31(3,26)27)12-18(17)30-21(23)22-19(24)11-14-5-7-15(28-2)8-6-14/h5-10,12H,4,11,13H2,1-3H3. The lowest BCUT2D eigenvalue weighted by Crippen LogP contribution is -2.23. The minimum atomic E-state index is -3.40. The van der Waals surface area contributed by atoms with Crippen molar-refractivity contribution in [2.75, 3.05) is 20.0 Å². The Hall–Kier alpha value is -2.98. The number of hydrogen-bond acceptors (Lipinski definition) is 7. The van der Waals surface area contributed by atoms with Crippen molar-refractivity contribution in [3.05, 3.63) is 52.8 Å². The van der Waals surface area contributed by atoms with Gasteiger partial charge >= 0.3 is 5.97 Å². The molecule has 3 aromatic rings. The van der Waals surface area contributed by atoms with E-state index in [1.165, 1.54) is 12.1 Å². The maximum Gasteiger partial charge on any atom is 0.326 e. The van der Waals surface area contributed by atoms with Crippen molar-refractivity contribution in [1.29, 1.82) is 0 Å². The molecule has 2 aromatic carbocycles. The van der Waals surface area contributed by atoms with Gasteiger partial charge in [0.05, 0.1) is 35.2 Å². The monoisotopic (exact) mass is 462 g/mol. The highest BCUT2D eigenvalue weighted by Gasteiger charge is 2.15. The van der Waals surface area contributed by atoms with Gasteiger partial charge in [-0.15, -0.1) is 0 Å². The molecule has 0 aliphatic rings. The van der Waals surface area contributed by atoms with E-state index in [4.69, 9.17) is 9.47 Å². The van der Waals surface area contributed by atoms with Crippen LogP contribution in [-0.2, 0) is 37.1 Å². The summed E-state index contributed by atoms with van der Waals surface area (Å²) in [5.74, 6) is -0.178. The lowest BCUT2D eigenvalue weighted by Gasteiger charge is -2.05. The van der Waals surface area contributed by atoms with E-state index in [9.17, 15) is 18.0 Å². The number of ether oxygens (including phenoxy) is 2. The third-order valence-electron chi connectivity index (χ3n) is 4.41. The fourth-order valence-electron chi connectivity index (χ4n) is 2.92. The molecule has 0 fully saturated rings. The van der Waals surface area contributed by atoms with Crippen LogP contribution in [0.25, 0.3) is 10.2 Å². The largest absolute Gasteiger partial charge is 0.497 e. The number of carbonyl (C=O) groups excluding carboxylic acids is 2. The summed E-state index contributed by atoms with van der Waals surface area (Å²) in [5, 5.41) is 0. The zero-order valence-electron chi connectivity index (χ0n) is 17.3. The second-order valence-corrected chi connectivity index (χ2v) is 9.73. The molecule has 1 amide bonds. The summed E-state index contributed by atoms with van der Waals surface area (Å²) in [4.78, 5) is 29.3. The first-order valence-electron chi connectivity index (χ1n) is 9.41. The van der Waals surface area contributed by atoms with Crippen molar-refractivity contribution in [2.24, 2.45) is 4.99 Å². The number of hydrogen-bond donors (Lipinski definition) is 0. The van der Waals surface area contributed by atoms with Gasteiger partial charge in [-0.05, 0) is 42.8 Å². The van der Waals surface area contributed by atoms with Gasteiger partial charge in [-0.1, -0.05) is 23.5 Å². The molecular formula is C21H22N2O6S2. The van der Waals surface area contributed by atoms with Gasteiger partial charge in [-0.3, -0.25) is 9.59 Å². The van der Waals surface area contributed by atoms with Crippen LogP contribution in [0.3, 0.4) is 0 Å². The summed E-state index contributed by atoms with van der Waals surface area (Å²) >= 11 is 1.14. The summed E-state index contributed by atoms with van der Waals surface area (Å²) in [6.07, 6.45) is 1.20. The fourth-order valence-corrected chi connectivity index (χ4v) is 4.73. The van der Waals surface area contributed by atoms with Crippen molar-refractivity contribution >= 4 is 43.3 Å². The van der Waals surface area contributed by atoms with E-state index in [-0.39, 0.29) is 24.5 Å². The predicted octanol–water partition coefficient (Wildman–Crippen LogP) is 2.35. The Balaban J connectivity index is 2.02. The van der Waals surface area contributed by atoms with Gasteiger partial charge in [0.1, 0.15) is 12.3 Å². The number of carbonyl (C=O) groups is 2. The van der Waals surface area contributed by atoms with Gasteiger partial charge in [-0.2, -0.15) is 4.99 Å². The molecule has 0 saturated carbocycles. The summed E-state index contributed by atoms with van der Waals surface area (Å²) in [7, 11) is -1.84. The van der Waals surface area contributed by atoms with Crippen LogP contribution in [0.1, 0.15) is 12.5 Å². The molecule has 8 nitrogen and oxygen atoms in total. The number of rotatable bonds is 7. The third-order valence-corrected chi connectivity index (χ3v) is 6.56. The third kappa shape index (κ3) is 5.59. The van der Waals surface area contributed by atoms with Crippen LogP contribution in [0.5, 0.6) is 5.75 Å². The van der Waals surface area contributed by atoms with E-state index in [0.29, 0.717) is 20.8 Å². The van der Waals surface area contributed by atoms with Crippen molar-refractivity contribution in [3.63, 3.8) is 0 Å². The number of fused-ring (bicyclic) bond motifs is 1. The van der Waals surface area contributed by atoms with Crippen LogP contribution < -0.4 is 9.54 Å². The Morgan fingerprint density at radius 2 is 1.84 bits per heavy atom. The maximum absolute atomic E-state index is 12.6. The van der Waals surface area contributed by atoms with Gasteiger partial charge < -0.3 is 14.0 Å². The Bertz CT molecular complexity index is 1290. The fraction of sp³-hybridized carbons (Fsp3) is 0.286. The second kappa shape index (κ2) is 9.44. The first kappa shape index (κ1) is 22.7. The highest BCUT2D eigenvalue weighted by Crippen LogP contribution is 2.22. The molecule has 164 valence electrons. The average molecular weight is 463 g/mol. The highest BCUT2D eigenvalue weighted by molar-refractivity contribution is 7.90. The van der Waals surface area contributed by atoms with Crippen LogP contribution in [0, 0.1) is 0 Å². The molecule has 31 heavy (non-hydrogen) atoms. The number of sulfone groups is 1. The molecule has 0 spiro atoms. The smallest absolute Gasteiger partial charge is 0.326 e. The van der Waals surface area contributed by atoms with E-state index >= 15 is 0 Å². The zero-order valence-corrected chi connectivity index (χ0v) is 19.0. The summed E-state index contributed by atoms with van der Waals surface area (Å²) < 4.78 is 36.1. The molecular weight excluding hydrogens is 440 g/mol. The van der Waals surface area contributed by atoms with Gasteiger partial charge in [0.2, 0.25) is 0 Å². The lowest BCUT2D eigenvalue weighted by molar-refractivity contribution is -0.143. The van der Waals surface area contributed by atoms with Crippen LogP contribution in [0.15, 0.2) is 52.4 Å². The van der Waals surface area contributed by atoms with E-state index in [2.05, 4.69) is 4.99 Å². The molecule has 1 heterocycles. The Morgan fingerprint density at radius 1 is 1.13 bits per heavy atom. The first-order chi connectivity index (χ1) is 14.7. The molecule has 10 heteroatoms. The SMILES string of the molecule is CCOC(=O)Cn1c(=NC(=O)Cc2ccc(OC)cc2)sc2cc(S(C)(=O)=O)ccc21. The number of esters is 1. The molecule has 1 aromatic heterocycles. The minimum absolute atomic E-state index is 0.0756. The zero-order chi connectivity index (χ0) is 22.6. The first-order valence-corrected chi connectivity index (χ1v) is 12.1. The quantitative estimate of drug-likeness (QED) is 0.499. The Morgan fingerprint density at radius 3 is 2.45 bits per heavy atom. The van der Waals surface area contributed by atoms with Gasteiger partial charge in [0, 0.05) is 6.26 Å². The minimum Gasteiger partial charge on any atom is -0.497 e. The highest BCUT2D eigenvalue weighted by atomic mass is 32.2. The number of amides is 1. The van der Waals surface area contributed by atoms with Crippen molar-refractivity contribution < 1.29 is 27.5 Å². The molecule has 0 radical (unpaired) electrons. The second-order valence-electron chi connectivity index (χ2n) is 6.71. The topological polar surface area (TPSA) is 104 Å². The number of nitrogens with zero attached hydrogens (tertiary/aromatic N) is 2. The number of thiazole rings is 1. The van der Waals surface area contributed by atoms with Gasteiger partial charge in [0.25, 0.3) is 5.91 Å². The Labute approximate surface area is 183 Å². The number of aromatic nitrogens is 1.